The van der Waals surface area contributed by atoms with Crippen molar-refractivity contribution in [3.63, 3.8) is 0 Å². The van der Waals surface area contributed by atoms with Crippen LogP contribution in [-0.4, -0.2) is 38.4 Å². The third-order valence-corrected chi connectivity index (χ3v) is 5.16. The van der Waals surface area contributed by atoms with E-state index < -0.39 is 16.7 Å². The van der Waals surface area contributed by atoms with Gasteiger partial charge in [-0.15, -0.1) is 0 Å². The maximum Gasteiger partial charge on any atom is 0.289 e. The molecule has 0 aliphatic carbocycles. The first-order valence-electron chi connectivity index (χ1n) is 8.10. The Morgan fingerprint density at radius 2 is 1.93 bits per heavy atom. The number of thiocarbonyl (C=S) groups is 1. The zero-order valence-electron chi connectivity index (χ0n) is 15.1. The highest BCUT2D eigenvalue weighted by atomic mass is 35.5. The first kappa shape index (κ1) is 19.7. The van der Waals surface area contributed by atoms with Gasteiger partial charge in [0.25, 0.3) is 17.5 Å². The number of rotatable bonds is 3. The summed E-state index contributed by atoms with van der Waals surface area (Å²) in [5.41, 5.74) is 2.41. The monoisotopic (exact) mass is 418 g/mol. The molecule has 0 atom stereocenters. The number of likely N-dealkylation sites (N-methyl/N-ethyl adjacent to an activating group) is 1. The number of halogens is 1. The lowest BCUT2D eigenvalue weighted by Crippen LogP contribution is -2.52. The Bertz CT molecular complexity index is 1090. The van der Waals surface area contributed by atoms with Crippen molar-refractivity contribution in [2.75, 3.05) is 7.05 Å². The number of hydrogen-bond acceptors (Lipinski definition) is 5. The minimum Gasteiger partial charge on any atom is -0.318 e. The molecule has 1 aliphatic heterocycles. The molecule has 0 radical (unpaired) electrons. The average molecular weight is 419 g/mol. The molecule has 1 N–H and O–H groups in total. The summed E-state index contributed by atoms with van der Waals surface area (Å²) in [4.78, 5) is 36.4. The van der Waals surface area contributed by atoms with E-state index in [4.69, 9.17) is 23.8 Å². The lowest BCUT2D eigenvalue weighted by molar-refractivity contribution is -0.384. The van der Waals surface area contributed by atoms with Crippen molar-refractivity contribution in [1.29, 1.82) is 0 Å². The van der Waals surface area contributed by atoms with Crippen molar-refractivity contribution in [3.05, 3.63) is 61.9 Å². The van der Waals surface area contributed by atoms with Gasteiger partial charge in [0.05, 0.1) is 10.6 Å². The molecule has 1 aliphatic rings. The van der Waals surface area contributed by atoms with Crippen LogP contribution in [0.4, 0.5) is 5.69 Å². The van der Waals surface area contributed by atoms with Gasteiger partial charge < -0.3 is 4.57 Å². The summed E-state index contributed by atoms with van der Waals surface area (Å²) in [6.45, 7) is 3.61. The lowest BCUT2D eigenvalue weighted by Gasteiger charge is -2.25. The number of nitrogens with zero attached hydrogens (tertiary/aromatic N) is 3. The Balaban J connectivity index is 2.10. The van der Waals surface area contributed by atoms with Crippen molar-refractivity contribution in [2.24, 2.45) is 0 Å². The summed E-state index contributed by atoms with van der Waals surface area (Å²) in [7, 11) is 1.48. The van der Waals surface area contributed by atoms with Gasteiger partial charge >= 0.3 is 0 Å². The largest absolute Gasteiger partial charge is 0.318 e. The van der Waals surface area contributed by atoms with Gasteiger partial charge in [-0.25, -0.2) is 0 Å². The molecule has 2 heterocycles. The number of benzene rings is 1. The summed E-state index contributed by atoms with van der Waals surface area (Å²) in [6, 6.07) is 6.29. The Hall–Kier alpha value is -3.04. The molecule has 0 saturated carbocycles. The van der Waals surface area contributed by atoms with Gasteiger partial charge in [0.2, 0.25) is 0 Å². The quantitative estimate of drug-likeness (QED) is 0.272. The number of amides is 2. The standard InChI is InChI=1S/C18H15ClN4O4S/c1-9-6-11(7-13-16(24)20-18(28)21(3)17(13)25)10(2)22(9)12-4-5-14(19)15(8-12)23(26)27/h4-8H,1-3H3,(H,20,24,28)/b13-7+. The fourth-order valence-electron chi connectivity index (χ4n) is 3.01. The van der Waals surface area contributed by atoms with Gasteiger partial charge in [-0.2, -0.15) is 0 Å². The molecule has 1 aromatic heterocycles. The predicted octanol–water partition coefficient (Wildman–Crippen LogP) is 2.91. The second-order valence-electron chi connectivity index (χ2n) is 6.24. The van der Waals surface area contributed by atoms with Crippen LogP contribution >= 0.6 is 23.8 Å². The molecule has 2 aromatic rings. The van der Waals surface area contributed by atoms with E-state index in [9.17, 15) is 19.7 Å². The summed E-state index contributed by atoms with van der Waals surface area (Å²) < 4.78 is 1.79. The van der Waals surface area contributed by atoms with Crippen LogP contribution in [0.15, 0.2) is 29.8 Å². The summed E-state index contributed by atoms with van der Waals surface area (Å²) in [5.74, 6) is -1.07. The summed E-state index contributed by atoms with van der Waals surface area (Å²) >= 11 is 10.8. The number of carbonyl (C=O) groups excluding carboxylic acids is 2. The number of hydrogen-bond donors (Lipinski definition) is 1. The second kappa shape index (κ2) is 7.17. The molecule has 8 nitrogen and oxygen atoms in total. The topological polar surface area (TPSA) is 97.5 Å². The van der Waals surface area contributed by atoms with Crippen molar-refractivity contribution in [2.45, 2.75) is 13.8 Å². The minimum atomic E-state index is -0.569. The molecule has 1 fully saturated rings. The minimum absolute atomic E-state index is 0.0431. The second-order valence-corrected chi connectivity index (χ2v) is 7.03. The van der Waals surface area contributed by atoms with E-state index in [-0.39, 0.29) is 21.4 Å². The first-order chi connectivity index (χ1) is 13.1. The highest BCUT2D eigenvalue weighted by Crippen LogP contribution is 2.30. The molecule has 10 heteroatoms. The SMILES string of the molecule is Cc1cc(/C=C2\C(=O)NC(=S)N(C)C2=O)c(C)n1-c1ccc(Cl)c([N+](=O)[O-])c1. The van der Waals surface area contributed by atoms with E-state index >= 15 is 0 Å². The fourth-order valence-corrected chi connectivity index (χ4v) is 3.37. The predicted molar refractivity (Wildman–Crippen MR) is 108 cm³/mol. The van der Waals surface area contributed by atoms with Gasteiger partial charge in [-0.3, -0.25) is 29.9 Å². The van der Waals surface area contributed by atoms with Crippen LogP contribution in [0, 0.1) is 24.0 Å². The molecule has 1 aromatic carbocycles. The van der Waals surface area contributed by atoms with E-state index in [0.29, 0.717) is 16.9 Å². The average Bonchev–Trinajstić information content (AvgIpc) is 2.91. The molecular weight excluding hydrogens is 404 g/mol. The van der Waals surface area contributed by atoms with Crippen LogP contribution in [0.2, 0.25) is 5.02 Å². The van der Waals surface area contributed by atoms with Crippen LogP contribution in [-0.2, 0) is 9.59 Å². The highest BCUT2D eigenvalue weighted by Gasteiger charge is 2.31. The van der Waals surface area contributed by atoms with Crippen LogP contribution in [0.5, 0.6) is 0 Å². The Labute approximate surface area is 170 Å². The van der Waals surface area contributed by atoms with Crippen molar-refractivity contribution >= 4 is 52.5 Å². The molecule has 0 spiro atoms. The Kier molecular flexibility index (Phi) is 5.05. The molecule has 144 valence electrons. The Morgan fingerprint density at radius 1 is 1.25 bits per heavy atom. The highest BCUT2D eigenvalue weighted by molar-refractivity contribution is 7.80. The van der Waals surface area contributed by atoms with Gasteiger partial charge in [0.15, 0.2) is 5.11 Å². The zero-order chi connectivity index (χ0) is 20.7. The maximum absolute atomic E-state index is 12.4. The van der Waals surface area contributed by atoms with Crippen molar-refractivity contribution in [1.82, 2.24) is 14.8 Å². The molecule has 0 bridgehead atoms. The lowest BCUT2D eigenvalue weighted by atomic mass is 10.1. The number of nitrogens with one attached hydrogen (secondary N) is 1. The van der Waals surface area contributed by atoms with Gasteiger partial charge in [0, 0.05) is 24.5 Å². The molecule has 28 heavy (non-hydrogen) atoms. The molecule has 3 rings (SSSR count). The number of nitro benzene ring substituents is 1. The van der Waals surface area contributed by atoms with E-state index in [1.54, 1.807) is 23.6 Å². The molecular formula is C18H15ClN4O4S. The van der Waals surface area contributed by atoms with E-state index in [1.165, 1.54) is 30.2 Å². The normalized spacial score (nSPS) is 15.9. The van der Waals surface area contributed by atoms with Crippen molar-refractivity contribution in [3.8, 4) is 5.69 Å². The smallest absolute Gasteiger partial charge is 0.289 e. The van der Waals surface area contributed by atoms with Gasteiger partial charge in [0.1, 0.15) is 10.6 Å². The van der Waals surface area contributed by atoms with E-state index in [2.05, 4.69) is 5.32 Å². The first-order valence-corrected chi connectivity index (χ1v) is 8.88. The molecule has 1 saturated heterocycles. The molecule has 0 unspecified atom stereocenters. The van der Waals surface area contributed by atoms with Gasteiger partial charge in [-0.1, -0.05) is 11.6 Å². The van der Waals surface area contributed by atoms with Crippen molar-refractivity contribution < 1.29 is 14.5 Å². The number of aryl methyl sites for hydroxylation is 1. The molecule has 2 amide bonds. The van der Waals surface area contributed by atoms with Crippen LogP contribution in [0.1, 0.15) is 17.0 Å². The number of carbonyl (C=O) groups is 2. The fraction of sp³-hybridized carbons (Fsp3) is 0.167. The Morgan fingerprint density at radius 3 is 2.57 bits per heavy atom. The van der Waals surface area contributed by atoms with Crippen LogP contribution in [0.25, 0.3) is 11.8 Å². The summed E-state index contributed by atoms with van der Waals surface area (Å²) in [5, 5.41) is 13.7. The van der Waals surface area contributed by atoms with Gasteiger partial charge in [-0.05, 0) is 55.9 Å². The van der Waals surface area contributed by atoms with Crippen LogP contribution < -0.4 is 5.32 Å². The third-order valence-electron chi connectivity index (χ3n) is 4.46. The third kappa shape index (κ3) is 3.30. The van der Waals surface area contributed by atoms with Crippen LogP contribution in [0.3, 0.4) is 0 Å². The zero-order valence-corrected chi connectivity index (χ0v) is 16.7. The van der Waals surface area contributed by atoms with E-state index in [1.807, 2.05) is 6.92 Å². The summed E-state index contributed by atoms with van der Waals surface area (Å²) in [6.07, 6.45) is 1.49. The van der Waals surface area contributed by atoms with E-state index in [0.717, 1.165) is 5.69 Å². The maximum atomic E-state index is 12.4. The number of aromatic nitrogens is 1. The number of nitro groups is 1.